The van der Waals surface area contributed by atoms with E-state index in [1.807, 2.05) is 12.4 Å². The van der Waals surface area contributed by atoms with E-state index in [2.05, 4.69) is 70.8 Å². The van der Waals surface area contributed by atoms with Crippen molar-refractivity contribution < 1.29 is 0 Å². The number of fused-ring (bicyclic) bond motifs is 3. The Balaban J connectivity index is 1.39. The van der Waals surface area contributed by atoms with E-state index in [0.717, 1.165) is 34.5 Å². The summed E-state index contributed by atoms with van der Waals surface area (Å²) in [5.41, 5.74) is 5.86. The molecule has 5 nitrogen and oxygen atoms in total. The molecule has 0 N–H and O–H groups in total. The molecule has 33 heavy (non-hydrogen) atoms. The Morgan fingerprint density at radius 2 is 1.55 bits per heavy atom. The van der Waals surface area contributed by atoms with E-state index in [1.165, 1.54) is 55.3 Å². The smallest absolute Gasteiger partial charge is 0.163 e. The Morgan fingerprint density at radius 3 is 2.30 bits per heavy atom. The molecule has 2 bridgehead atoms. The number of hydrogen-bond acceptors (Lipinski definition) is 4. The zero-order valence-electron chi connectivity index (χ0n) is 19.3. The van der Waals surface area contributed by atoms with Gasteiger partial charge in [0.1, 0.15) is 18.0 Å². The second-order valence-electron chi connectivity index (χ2n) is 9.84. The first-order valence-corrected chi connectivity index (χ1v) is 12.0. The number of imidazole rings is 1. The number of aromatic nitrogens is 5. The summed E-state index contributed by atoms with van der Waals surface area (Å²) in [7, 11) is 0. The maximum atomic E-state index is 5.02. The van der Waals surface area contributed by atoms with Gasteiger partial charge in [0.15, 0.2) is 5.82 Å². The van der Waals surface area contributed by atoms with Gasteiger partial charge in [0.25, 0.3) is 0 Å². The molecule has 0 spiro atoms. The summed E-state index contributed by atoms with van der Waals surface area (Å²) in [4.78, 5) is 19.0. The summed E-state index contributed by atoms with van der Waals surface area (Å²) in [5.74, 6) is 3.60. The third kappa shape index (κ3) is 3.47. The second kappa shape index (κ2) is 7.91. The second-order valence-corrected chi connectivity index (χ2v) is 9.84. The average molecular weight is 436 g/mol. The maximum absolute atomic E-state index is 5.02. The van der Waals surface area contributed by atoms with E-state index in [4.69, 9.17) is 9.97 Å². The Kier molecular flexibility index (Phi) is 4.86. The number of rotatable bonds is 4. The Hall–Kier alpha value is -3.34. The van der Waals surface area contributed by atoms with Gasteiger partial charge in [0.05, 0.1) is 5.69 Å². The monoisotopic (exact) mass is 435 g/mol. The van der Waals surface area contributed by atoms with Crippen LogP contribution in [-0.4, -0.2) is 24.5 Å². The largest absolute Gasteiger partial charge is 0.299 e. The van der Waals surface area contributed by atoms with Crippen molar-refractivity contribution in [3.05, 3.63) is 78.1 Å². The molecule has 3 aliphatic carbocycles. The van der Waals surface area contributed by atoms with Crippen LogP contribution >= 0.6 is 0 Å². The van der Waals surface area contributed by atoms with Crippen molar-refractivity contribution in [1.29, 1.82) is 0 Å². The van der Waals surface area contributed by atoms with Crippen LogP contribution in [0.15, 0.2) is 61.2 Å². The summed E-state index contributed by atoms with van der Waals surface area (Å²) < 4.78 is 2.18. The number of nitrogens with zero attached hydrogens (tertiary/aromatic N) is 5. The first-order valence-electron chi connectivity index (χ1n) is 12.0. The van der Waals surface area contributed by atoms with Crippen molar-refractivity contribution in [2.24, 2.45) is 5.92 Å². The Morgan fingerprint density at radius 1 is 0.848 bits per heavy atom. The van der Waals surface area contributed by atoms with Crippen LogP contribution in [0, 0.1) is 19.8 Å². The van der Waals surface area contributed by atoms with Gasteiger partial charge in [-0.25, -0.2) is 19.9 Å². The maximum Gasteiger partial charge on any atom is 0.163 e. The van der Waals surface area contributed by atoms with Crippen LogP contribution in [0.2, 0.25) is 0 Å². The first-order chi connectivity index (χ1) is 16.1. The predicted octanol–water partition coefficient (Wildman–Crippen LogP) is 6.23. The minimum Gasteiger partial charge on any atom is -0.299 e. The standard InChI is InChI=1S/C28H29N5/c1-19-5-3-6-20(2)24(19)33-16-15-29-26(33)23-8-4-7-22(17-23)25-30-18-31-27(32-25)28-12-9-21(10-13-28)11-14-28/h3-8,15-18,21H,9-14H2,1-2H3. The van der Waals surface area contributed by atoms with Crippen LogP contribution < -0.4 is 0 Å². The SMILES string of the molecule is Cc1cccc(C)c1-n1ccnc1-c1cccc(-c2ncnc(C34CCC(CC3)CC4)n2)c1. The summed E-state index contributed by atoms with van der Waals surface area (Å²) in [5, 5.41) is 0. The molecule has 5 heteroatoms. The third-order valence-corrected chi connectivity index (χ3v) is 7.84. The van der Waals surface area contributed by atoms with Crippen LogP contribution in [0.3, 0.4) is 0 Å². The fraction of sp³-hybridized carbons (Fsp3) is 0.357. The Bertz CT molecular complexity index is 1280. The van der Waals surface area contributed by atoms with E-state index in [9.17, 15) is 0 Å². The molecule has 3 aliphatic rings. The van der Waals surface area contributed by atoms with Gasteiger partial charge < -0.3 is 0 Å². The highest BCUT2D eigenvalue weighted by atomic mass is 15.1. The molecule has 2 aromatic heterocycles. The molecular formula is C28H29N5. The van der Waals surface area contributed by atoms with Crippen LogP contribution in [0.4, 0.5) is 0 Å². The van der Waals surface area contributed by atoms with Crippen LogP contribution in [-0.2, 0) is 5.41 Å². The topological polar surface area (TPSA) is 56.5 Å². The zero-order chi connectivity index (χ0) is 22.4. The lowest BCUT2D eigenvalue weighted by Gasteiger charge is -2.45. The molecule has 3 fully saturated rings. The summed E-state index contributed by atoms with van der Waals surface area (Å²) >= 11 is 0. The first kappa shape index (κ1) is 20.3. The van der Waals surface area contributed by atoms with Crippen LogP contribution in [0.25, 0.3) is 28.5 Å². The average Bonchev–Trinajstić information content (AvgIpc) is 3.35. The lowest BCUT2D eigenvalue weighted by molar-refractivity contribution is 0.128. The number of aryl methyl sites for hydroxylation is 2. The number of hydrogen-bond donors (Lipinski definition) is 0. The van der Waals surface area contributed by atoms with Gasteiger partial charge in [0, 0.05) is 28.9 Å². The normalized spacial score (nSPS) is 21.9. The lowest BCUT2D eigenvalue weighted by atomic mass is 9.60. The van der Waals surface area contributed by atoms with Crippen molar-refractivity contribution in [3.8, 4) is 28.5 Å². The van der Waals surface area contributed by atoms with Gasteiger partial charge in [-0.1, -0.05) is 36.4 Å². The van der Waals surface area contributed by atoms with Crippen molar-refractivity contribution >= 4 is 0 Å². The summed E-state index contributed by atoms with van der Waals surface area (Å²) in [6, 6.07) is 14.8. The highest BCUT2D eigenvalue weighted by molar-refractivity contribution is 5.68. The molecule has 0 saturated heterocycles. The van der Waals surface area contributed by atoms with Crippen molar-refractivity contribution in [2.45, 2.75) is 57.8 Å². The number of benzene rings is 2. The lowest BCUT2D eigenvalue weighted by Crippen LogP contribution is -2.39. The fourth-order valence-corrected chi connectivity index (χ4v) is 5.96. The summed E-state index contributed by atoms with van der Waals surface area (Å²) in [6.07, 6.45) is 13.2. The van der Waals surface area contributed by atoms with Gasteiger partial charge in [0.2, 0.25) is 0 Å². The molecular weight excluding hydrogens is 406 g/mol. The highest BCUT2D eigenvalue weighted by Gasteiger charge is 2.43. The molecule has 3 saturated carbocycles. The molecule has 2 heterocycles. The van der Waals surface area contributed by atoms with E-state index in [0.29, 0.717) is 0 Å². The van der Waals surface area contributed by atoms with Crippen molar-refractivity contribution in [3.63, 3.8) is 0 Å². The third-order valence-electron chi connectivity index (χ3n) is 7.84. The van der Waals surface area contributed by atoms with E-state index >= 15 is 0 Å². The predicted molar refractivity (Wildman–Crippen MR) is 130 cm³/mol. The van der Waals surface area contributed by atoms with Gasteiger partial charge >= 0.3 is 0 Å². The van der Waals surface area contributed by atoms with Gasteiger partial charge in [-0.05, 0) is 75.5 Å². The minimum absolute atomic E-state index is 0.155. The molecule has 166 valence electrons. The van der Waals surface area contributed by atoms with Crippen LogP contribution in [0.5, 0.6) is 0 Å². The van der Waals surface area contributed by atoms with E-state index in [1.54, 1.807) is 6.33 Å². The quantitative estimate of drug-likeness (QED) is 0.381. The molecule has 4 aromatic rings. The minimum atomic E-state index is 0.155. The fourth-order valence-electron chi connectivity index (χ4n) is 5.96. The molecule has 7 rings (SSSR count). The molecule has 0 atom stereocenters. The zero-order valence-corrected chi connectivity index (χ0v) is 19.3. The van der Waals surface area contributed by atoms with Gasteiger partial charge in [-0.15, -0.1) is 0 Å². The molecule has 0 aliphatic heterocycles. The molecule has 0 radical (unpaired) electrons. The molecule has 0 amide bonds. The van der Waals surface area contributed by atoms with Gasteiger partial charge in [-0.2, -0.15) is 0 Å². The van der Waals surface area contributed by atoms with E-state index < -0.39 is 0 Å². The summed E-state index contributed by atoms with van der Waals surface area (Å²) in [6.45, 7) is 4.29. The Labute approximate surface area is 195 Å². The highest BCUT2D eigenvalue weighted by Crippen LogP contribution is 2.50. The van der Waals surface area contributed by atoms with E-state index in [-0.39, 0.29) is 5.41 Å². The number of para-hydroxylation sites is 1. The van der Waals surface area contributed by atoms with Gasteiger partial charge in [-0.3, -0.25) is 4.57 Å². The van der Waals surface area contributed by atoms with Crippen molar-refractivity contribution in [2.75, 3.05) is 0 Å². The van der Waals surface area contributed by atoms with Crippen molar-refractivity contribution in [1.82, 2.24) is 24.5 Å². The van der Waals surface area contributed by atoms with Crippen LogP contribution in [0.1, 0.15) is 55.5 Å². The molecule has 2 aromatic carbocycles. The molecule has 0 unspecified atom stereocenters.